The van der Waals surface area contributed by atoms with E-state index in [0.717, 1.165) is 17.9 Å². The zero-order chi connectivity index (χ0) is 14.4. The largest absolute Gasteiger partial charge is 0.464 e. The number of esters is 1. The number of nitrogens with one attached hydrogen (secondary N) is 1. The molecule has 0 radical (unpaired) electrons. The first-order valence-electron chi connectivity index (χ1n) is 6.74. The van der Waals surface area contributed by atoms with E-state index in [4.69, 9.17) is 4.74 Å². The number of benzene rings is 1. The Morgan fingerprint density at radius 3 is 2.75 bits per heavy atom. The normalized spacial score (nSPS) is 11.9. The molecule has 0 fully saturated rings. The summed E-state index contributed by atoms with van der Waals surface area (Å²) in [6, 6.07) is 9.04. The second kappa shape index (κ2) is 6.75. The summed E-state index contributed by atoms with van der Waals surface area (Å²) in [6.07, 6.45) is 3.41. The van der Waals surface area contributed by atoms with Crippen LogP contribution in [0.25, 0.3) is 0 Å². The summed E-state index contributed by atoms with van der Waals surface area (Å²) in [7, 11) is 0. The maximum atomic E-state index is 12.2. The Hall–Kier alpha value is -2.30. The maximum absolute atomic E-state index is 12.2. The highest BCUT2D eigenvalue weighted by Gasteiger charge is 2.25. The molecule has 0 bridgehead atoms. The number of para-hydroxylation sites is 1. The molecule has 0 saturated heterocycles. The van der Waals surface area contributed by atoms with E-state index in [-0.39, 0.29) is 5.97 Å². The molecule has 2 aromatic rings. The highest BCUT2D eigenvalue weighted by Crippen LogP contribution is 2.21. The molecule has 1 aromatic carbocycles. The standard InChI is InChI=1S/C15H19N3O2/c1-3-18-11-16-10-13(18)14(15(19)20-4-2)17-12-8-6-5-7-9-12/h5-11,14,17H,3-4H2,1-2H3. The molecule has 0 saturated carbocycles. The molecule has 0 aliphatic rings. The quantitative estimate of drug-likeness (QED) is 0.822. The highest BCUT2D eigenvalue weighted by molar-refractivity contribution is 5.80. The number of nitrogens with zero attached hydrogens (tertiary/aromatic N) is 2. The van der Waals surface area contributed by atoms with Crippen molar-refractivity contribution in [3.8, 4) is 0 Å². The van der Waals surface area contributed by atoms with Crippen LogP contribution in [0, 0.1) is 0 Å². The maximum Gasteiger partial charge on any atom is 0.334 e. The van der Waals surface area contributed by atoms with E-state index in [1.165, 1.54) is 0 Å². The molecule has 106 valence electrons. The Morgan fingerprint density at radius 1 is 1.35 bits per heavy atom. The van der Waals surface area contributed by atoms with Gasteiger partial charge in [-0.05, 0) is 26.0 Å². The molecule has 2 rings (SSSR count). The molecule has 0 spiro atoms. The molecule has 1 heterocycles. The van der Waals surface area contributed by atoms with E-state index in [1.807, 2.05) is 41.8 Å². The topological polar surface area (TPSA) is 56.1 Å². The fourth-order valence-electron chi connectivity index (χ4n) is 2.02. The lowest BCUT2D eigenvalue weighted by molar-refractivity contribution is -0.144. The van der Waals surface area contributed by atoms with Gasteiger partial charge in [0.1, 0.15) is 0 Å². The minimum Gasteiger partial charge on any atom is -0.464 e. The number of carbonyl (C=O) groups excluding carboxylic acids is 1. The molecule has 0 aliphatic carbocycles. The van der Waals surface area contributed by atoms with Gasteiger partial charge < -0.3 is 14.6 Å². The zero-order valence-electron chi connectivity index (χ0n) is 11.7. The summed E-state index contributed by atoms with van der Waals surface area (Å²) in [5.74, 6) is -0.299. The molecule has 1 N–H and O–H groups in total. The van der Waals surface area contributed by atoms with Crippen LogP contribution < -0.4 is 5.32 Å². The Bertz CT molecular complexity index is 551. The zero-order valence-corrected chi connectivity index (χ0v) is 11.7. The van der Waals surface area contributed by atoms with E-state index in [0.29, 0.717) is 6.61 Å². The van der Waals surface area contributed by atoms with Gasteiger partial charge in [0.05, 0.1) is 24.8 Å². The van der Waals surface area contributed by atoms with Crippen molar-refractivity contribution in [2.24, 2.45) is 0 Å². The van der Waals surface area contributed by atoms with Crippen molar-refractivity contribution in [2.45, 2.75) is 26.4 Å². The number of aryl methyl sites for hydroxylation is 1. The molecular formula is C15H19N3O2. The third-order valence-electron chi connectivity index (χ3n) is 2.99. The van der Waals surface area contributed by atoms with Gasteiger partial charge in [0, 0.05) is 12.2 Å². The smallest absolute Gasteiger partial charge is 0.334 e. The van der Waals surface area contributed by atoms with Gasteiger partial charge >= 0.3 is 5.97 Å². The average molecular weight is 273 g/mol. The monoisotopic (exact) mass is 273 g/mol. The van der Waals surface area contributed by atoms with Gasteiger partial charge in [-0.1, -0.05) is 18.2 Å². The highest BCUT2D eigenvalue weighted by atomic mass is 16.5. The molecule has 5 heteroatoms. The SMILES string of the molecule is CCOC(=O)C(Nc1ccccc1)c1cncn1CC. The van der Waals surface area contributed by atoms with Crippen molar-refractivity contribution in [3.05, 3.63) is 48.5 Å². The first-order valence-corrected chi connectivity index (χ1v) is 6.74. The summed E-state index contributed by atoms with van der Waals surface area (Å²) in [5.41, 5.74) is 1.67. The van der Waals surface area contributed by atoms with Crippen LogP contribution in [0.4, 0.5) is 5.69 Å². The predicted molar refractivity (Wildman–Crippen MR) is 77.3 cm³/mol. The van der Waals surface area contributed by atoms with Crippen molar-refractivity contribution in [1.82, 2.24) is 9.55 Å². The Kier molecular flexibility index (Phi) is 4.76. The van der Waals surface area contributed by atoms with Gasteiger partial charge in [-0.3, -0.25) is 0 Å². The summed E-state index contributed by atoms with van der Waals surface area (Å²) < 4.78 is 7.09. The van der Waals surface area contributed by atoms with E-state index < -0.39 is 6.04 Å². The minimum absolute atomic E-state index is 0.299. The van der Waals surface area contributed by atoms with E-state index in [9.17, 15) is 4.79 Å². The number of rotatable bonds is 6. The van der Waals surface area contributed by atoms with E-state index in [1.54, 1.807) is 19.4 Å². The number of carbonyl (C=O) groups is 1. The Morgan fingerprint density at radius 2 is 2.10 bits per heavy atom. The van der Waals surface area contributed by atoms with E-state index >= 15 is 0 Å². The molecule has 1 aromatic heterocycles. The average Bonchev–Trinajstić information content (AvgIpc) is 2.94. The summed E-state index contributed by atoms with van der Waals surface area (Å²) in [6.45, 7) is 4.91. The molecular weight excluding hydrogens is 254 g/mol. The molecule has 1 unspecified atom stereocenters. The van der Waals surface area contributed by atoms with Crippen molar-refractivity contribution < 1.29 is 9.53 Å². The van der Waals surface area contributed by atoms with Crippen molar-refractivity contribution in [1.29, 1.82) is 0 Å². The lowest BCUT2D eigenvalue weighted by Gasteiger charge is -2.19. The molecule has 0 amide bonds. The number of hydrogen-bond acceptors (Lipinski definition) is 4. The van der Waals surface area contributed by atoms with Crippen LogP contribution in [0.3, 0.4) is 0 Å². The van der Waals surface area contributed by atoms with Crippen LogP contribution in [0.2, 0.25) is 0 Å². The fraction of sp³-hybridized carbons (Fsp3) is 0.333. The van der Waals surface area contributed by atoms with Gasteiger partial charge in [0.15, 0.2) is 6.04 Å². The lowest BCUT2D eigenvalue weighted by atomic mass is 10.2. The van der Waals surface area contributed by atoms with Gasteiger partial charge in [-0.2, -0.15) is 0 Å². The minimum atomic E-state index is -0.556. The molecule has 1 atom stereocenters. The van der Waals surface area contributed by atoms with Gasteiger partial charge in [-0.25, -0.2) is 9.78 Å². The van der Waals surface area contributed by atoms with Crippen molar-refractivity contribution >= 4 is 11.7 Å². The van der Waals surface area contributed by atoms with E-state index in [2.05, 4.69) is 10.3 Å². The summed E-state index contributed by atoms with van der Waals surface area (Å²) in [5, 5.41) is 3.21. The van der Waals surface area contributed by atoms with Crippen LogP contribution in [-0.4, -0.2) is 22.1 Å². The summed E-state index contributed by atoms with van der Waals surface area (Å²) in [4.78, 5) is 16.3. The fourth-order valence-corrected chi connectivity index (χ4v) is 2.02. The molecule has 0 aliphatic heterocycles. The first-order chi connectivity index (χ1) is 9.76. The number of aromatic nitrogens is 2. The first kappa shape index (κ1) is 14.1. The van der Waals surface area contributed by atoms with Crippen molar-refractivity contribution in [2.75, 3.05) is 11.9 Å². The molecule has 20 heavy (non-hydrogen) atoms. The summed E-state index contributed by atoms with van der Waals surface area (Å²) >= 11 is 0. The van der Waals surface area contributed by atoms with Gasteiger partial charge in [0.25, 0.3) is 0 Å². The predicted octanol–water partition coefficient (Wildman–Crippen LogP) is 2.62. The number of imidazole rings is 1. The number of ether oxygens (including phenoxy) is 1. The second-order valence-corrected chi connectivity index (χ2v) is 4.30. The van der Waals surface area contributed by atoms with Crippen LogP contribution in [0.5, 0.6) is 0 Å². The molecule has 5 nitrogen and oxygen atoms in total. The van der Waals surface area contributed by atoms with Crippen LogP contribution >= 0.6 is 0 Å². The number of hydrogen-bond donors (Lipinski definition) is 1. The van der Waals surface area contributed by atoms with Crippen LogP contribution in [-0.2, 0) is 16.1 Å². The number of anilines is 1. The van der Waals surface area contributed by atoms with Gasteiger partial charge in [0.2, 0.25) is 0 Å². The lowest BCUT2D eigenvalue weighted by Crippen LogP contribution is -2.25. The Labute approximate surface area is 118 Å². The van der Waals surface area contributed by atoms with Crippen LogP contribution in [0.1, 0.15) is 25.6 Å². The third kappa shape index (κ3) is 3.17. The van der Waals surface area contributed by atoms with Crippen LogP contribution in [0.15, 0.2) is 42.9 Å². The second-order valence-electron chi connectivity index (χ2n) is 4.30. The van der Waals surface area contributed by atoms with Gasteiger partial charge in [-0.15, -0.1) is 0 Å². The van der Waals surface area contributed by atoms with Crippen molar-refractivity contribution in [3.63, 3.8) is 0 Å². The Balaban J connectivity index is 2.27. The third-order valence-corrected chi connectivity index (χ3v) is 2.99.